The van der Waals surface area contributed by atoms with Gasteiger partial charge >= 0.3 is 0 Å². The molecular weight excluding hydrogens is 327 g/mol. The van der Waals surface area contributed by atoms with Gasteiger partial charge in [-0.15, -0.1) is 12.4 Å². The van der Waals surface area contributed by atoms with Crippen LogP contribution in [0.5, 0.6) is 0 Å². The second kappa shape index (κ2) is 8.82. The Labute approximate surface area is 150 Å². The number of carbonyl (C=O) groups is 1. The van der Waals surface area contributed by atoms with Gasteiger partial charge in [-0.05, 0) is 61.8 Å². The lowest BCUT2D eigenvalue weighted by atomic mass is 9.89. The standard InChI is InChI=1S/C19H27FN2O.ClH/c20-16-10-8-14(9-11-16)18(13-4-1-2-5-13)22-19(23)17-7-3-6-15(17)12-21;/h8-11,13,15,17-18H,1-7,12,21H2,(H,22,23);1H/t15-,17-,18?;/m1./s1. The molecule has 2 fully saturated rings. The fraction of sp³-hybridized carbons (Fsp3) is 0.632. The van der Waals surface area contributed by atoms with E-state index in [1.54, 1.807) is 0 Å². The molecule has 1 amide bonds. The van der Waals surface area contributed by atoms with Gasteiger partial charge in [0.1, 0.15) is 5.82 Å². The van der Waals surface area contributed by atoms with Crippen molar-refractivity contribution in [2.24, 2.45) is 23.5 Å². The first-order valence-electron chi connectivity index (χ1n) is 8.95. The molecule has 0 heterocycles. The van der Waals surface area contributed by atoms with Crippen molar-refractivity contribution in [3.8, 4) is 0 Å². The summed E-state index contributed by atoms with van der Waals surface area (Å²) < 4.78 is 13.2. The summed E-state index contributed by atoms with van der Waals surface area (Å²) in [7, 11) is 0. The number of benzene rings is 1. The van der Waals surface area contributed by atoms with Crippen LogP contribution in [-0.2, 0) is 4.79 Å². The van der Waals surface area contributed by atoms with Gasteiger partial charge in [0, 0.05) is 5.92 Å². The Balaban J connectivity index is 0.00000208. The van der Waals surface area contributed by atoms with E-state index >= 15 is 0 Å². The topological polar surface area (TPSA) is 55.1 Å². The van der Waals surface area contributed by atoms with Crippen LogP contribution in [0.3, 0.4) is 0 Å². The summed E-state index contributed by atoms with van der Waals surface area (Å²) in [5.41, 5.74) is 6.84. The van der Waals surface area contributed by atoms with Crippen LogP contribution >= 0.6 is 12.4 Å². The lowest BCUT2D eigenvalue weighted by Gasteiger charge is -2.28. The van der Waals surface area contributed by atoms with E-state index in [1.165, 1.54) is 25.0 Å². The first-order valence-corrected chi connectivity index (χ1v) is 8.95. The van der Waals surface area contributed by atoms with E-state index in [1.807, 2.05) is 12.1 Å². The molecule has 3 atom stereocenters. The monoisotopic (exact) mass is 354 g/mol. The van der Waals surface area contributed by atoms with E-state index in [0.717, 1.165) is 37.7 Å². The van der Waals surface area contributed by atoms with Gasteiger partial charge in [0.15, 0.2) is 0 Å². The second-order valence-corrected chi connectivity index (χ2v) is 7.12. The molecule has 0 radical (unpaired) electrons. The van der Waals surface area contributed by atoms with Gasteiger partial charge in [0.2, 0.25) is 5.91 Å². The van der Waals surface area contributed by atoms with E-state index in [0.29, 0.717) is 18.4 Å². The third-order valence-electron chi connectivity index (χ3n) is 5.70. The maximum absolute atomic E-state index is 13.2. The average Bonchev–Trinajstić information content (AvgIpc) is 3.24. The fourth-order valence-corrected chi connectivity index (χ4v) is 4.36. The SMILES string of the molecule is Cl.NC[C@H]1CCC[C@H]1C(=O)NC(c1ccc(F)cc1)C1CCCC1. The molecule has 1 unspecified atom stereocenters. The molecule has 5 heteroatoms. The van der Waals surface area contributed by atoms with Crippen LogP contribution in [0.1, 0.15) is 56.6 Å². The van der Waals surface area contributed by atoms with Crippen molar-refractivity contribution in [1.82, 2.24) is 5.32 Å². The van der Waals surface area contributed by atoms with Gasteiger partial charge in [-0.2, -0.15) is 0 Å². The van der Waals surface area contributed by atoms with Crippen molar-refractivity contribution >= 4 is 18.3 Å². The Morgan fingerprint density at radius 1 is 1.12 bits per heavy atom. The number of nitrogens with two attached hydrogens (primary N) is 1. The Bertz CT molecular complexity index is 531. The van der Waals surface area contributed by atoms with Gasteiger partial charge < -0.3 is 11.1 Å². The summed E-state index contributed by atoms with van der Waals surface area (Å²) in [6.45, 7) is 0.586. The van der Waals surface area contributed by atoms with Crippen molar-refractivity contribution in [2.75, 3.05) is 6.54 Å². The van der Waals surface area contributed by atoms with Gasteiger partial charge in [-0.3, -0.25) is 4.79 Å². The van der Waals surface area contributed by atoms with E-state index in [9.17, 15) is 9.18 Å². The van der Waals surface area contributed by atoms with Gasteiger partial charge in [0.05, 0.1) is 6.04 Å². The van der Waals surface area contributed by atoms with E-state index in [-0.39, 0.29) is 36.1 Å². The average molecular weight is 355 g/mol. The van der Waals surface area contributed by atoms with Crippen molar-refractivity contribution in [1.29, 1.82) is 0 Å². The number of carbonyl (C=O) groups excluding carboxylic acids is 1. The highest BCUT2D eigenvalue weighted by atomic mass is 35.5. The highest BCUT2D eigenvalue weighted by molar-refractivity contribution is 5.85. The third-order valence-corrected chi connectivity index (χ3v) is 5.70. The predicted octanol–water partition coefficient (Wildman–Crippen LogP) is 3.97. The molecule has 1 aromatic carbocycles. The van der Waals surface area contributed by atoms with Crippen molar-refractivity contribution in [2.45, 2.75) is 51.0 Å². The van der Waals surface area contributed by atoms with Crippen LogP contribution in [0.15, 0.2) is 24.3 Å². The maximum atomic E-state index is 13.2. The highest BCUT2D eigenvalue weighted by Crippen LogP contribution is 2.37. The lowest BCUT2D eigenvalue weighted by molar-refractivity contribution is -0.127. The molecule has 0 spiro atoms. The summed E-state index contributed by atoms with van der Waals surface area (Å²) >= 11 is 0. The molecule has 24 heavy (non-hydrogen) atoms. The summed E-state index contributed by atoms with van der Waals surface area (Å²) in [4.78, 5) is 12.8. The normalized spacial score (nSPS) is 25.2. The molecule has 3 rings (SSSR count). The molecule has 134 valence electrons. The molecule has 0 aromatic heterocycles. The zero-order valence-corrected chi connectivity index (χ0v) is 14.9. The summed E-state index contributed by atoms with van der Waals surface area (Å²) in [6, 6.07) is 6.61. The van der Waals surface area contributed by atoms with Crippen molar-refractivity contribution in [3.63, 3.8) is 0 Å². The minimum Gasteiger partial charge on any atom is -0.349 e. The minimum absolute atomic E-state index is 0. The Morgan fingerprint density at radius 2 is 1.79 bits per heavy atom. The van der Waals surface area contributed by atoms with Gasteiger partial charge in [-0.25, -0.2) is 4.39 Å². The van der Waals surface area contributed by atoms with Gasteiger partial charge in [0.25, 0.3) is 0 Å². The van der Waals surface area contributed by atoms with Crippen LogP contribution < -0.4 is 11.1 Å². The van der Waals surface area contributed by atoms with E-state index in [4.69, 9.17) is 5.73 Å². The van der Waals surface area contributed by atoms with Crippen LogP contribution in [0.2, 0.25) is 0 Å². The Kier molecular flexibility index (Phi) is 7.05. The van der Waals surface area contributed by atoms with Crippen LogP contribution in [0.4, 0.5) is 4.39 Å². The van der Waals surface area contributed by atoms with Crippen LogP contribution in [0.25, 0.3) is 0 Å². The summed E-state index contributed by atoms with van der Waals surface area (Å²) in [6.07, 6.45) is 7.78. The first kappa shape index (κ1) is 19.2. The minimum atomic E-state index is -0.232. The maximum Gasteiger partial charge on any atom is 0.223 e. The molecule has 2 aliphatic carbocycles. The summed E-state index contributed by atoms with van der Waals surface area (Å²) in [5, 5.41) is 3.28. The lowest BCUT2D eigenvalue weighted by Crippen LogP contribution is -2.39. The second-order valence-electron chi connectivity index (χ2n) is 7.12. The third kappa shape index (κ3) is 4.28. The number of hydrogen-bond acceptors (Lipinski definition) is 2. The van der Waals surface area contributed by atoms with Crippen molar-refractivity contribution < 1.29 is 9.18 Å². The van der Waals surface area contributed by atoms with E-state index < -0.39 is 0 Å². The fourth-order valence-electron chi connectivity index (χ4n) is 4.36. The number of hydrogen-bond donors (Lipinski definition) is 2. The number of halogens is 2. The quantitative estimate of drug-likeness (QED) is 0.840. The van der Waals surface area contributed by atoms with Crippen LogP contribution in [0, 0.1) is 23.6 Å². The molecule has 0 aliphatic heterocycles. The summed E-state index contributed by atoms with van der Waals surface area (Å²) in [5.74, 6) is 0.724. The van der Waals surface area contributed by atoms with Gasteiger partial charge in [-0.1, -0.05) is 31.4 Å². The largest absolute Gasteiger partial charge is 0.349 e. The molecule has 1 aromatic rings. The molecular formula is C19H28ClFN2O. The zero-order chi connectivity index (χ0) is 16.2. The molecule has 3 nitrogen and oxygen atoms in total. The number of amides is 1. The molecule has 2 saturated carbocycles. The highest BCUT2D eigenvalue weighted by Gasteiger charge is 2.35. The Morgan fingerprint density at radius 3 is 2.42 bits per heavy atom. The Hall–Kier alpha value is -1.13. The number of nitrogens with one attached hydrogen (secondary N) is 1. The number of rotatable bonds is 5. The van der Waals surface area contributed by atoms with Crippen molar-refractivity contribution in [3.05, 3.63) is 35.6 Å². The smallest absolute Gasteiger partial charge is 0.223 e. The molecule has 0 saturated heterocycles. The molecule has 2 aliphatic rings. The molecule has 3 N–H and O–H groups in total. The predicted molar refractivity (Wildman–Crippen MR) is 96.4 cm³/mol. The first-order chi connectivity index (χ1) is 11.2. The van der Waals surface area contributed by atoms with Crippen LogP contribution in [-0.4, -0.2) is 12.5 Å². The molecule has 0 bridgehead atoms. The zero-order valence-electron chi connectivity index (χ0n) is 14.0. The van der Waals surface area contributed by atoms with E-state index in [2.05, 4.69) is 5.32 Å².